The van der Waals surface area contributed by atoms with E-state index in [0.29, 0.717) is 12.8 Å². The number of anilines is 1. The Morgan fingerprint density at radius 3 is 2.44 bits per heavy atom. The van der Waals surface area contributed by atoms with E-state index in [-0.39, 0.29) is 5.91 Å². The first-order chi connectivity index (χ1) is 7.53. The fourth-order valence-corrected chi connectivity index (χ4v) is 1.90. The molecule has 1 aromatic rings. The average molecular weight is 332 g/mol. The van der Waals surface area contributed by atoms with Crippen LogP contribution < -0.4 is 11.1 Å². The lowest BCUT2D eigenvalue weighted by atomic mass is 9.93. The summed E-state index contributed by atoms with van der Waals surface area (Å²) >= 11 is 2.19. The van der Waals surface area contributed by atoms with Gasteiger partial charge in [0.25, 0.3) is 0 Å². The van der Waals surface area contributed by atoms with Crippen molar-refractivity contribution in [1.29, 1.82) is 0 Å². The van der Waals surface area contributed by atoms with Gasteiger partial charge < -0.3 is 11.1 Å². The molecular weight excluding hydrogens is 315 g/mol. The molecule has 0 atom stereocenters. The van der Waals surface area contributed by atoms with E-state index in [4.69, 9.17) is 5.73 Å². The fraction of sp³-hybridized carbons (Fsp3) is 0.417. The van der Waals surface area contributed by atoms with Crippen molar-refractivity contribution in [3.8, 4) is 0 Å². The van der Waals surface area contributed by atoms with Gasteiger partial charge in [-0.15, -0.1) is 0 Å². The molecule has 0 heterocycles. The Morgan fingerprint density at radius 1 is 1.38 bits per heavy atom. The Kier molecular flexibility index (Phi) is 4.73. The third-order valence-electron chi connectivity index (χ3n) is 2.84. The molecule has 0 saturated heterocycles. The van der Waals surface area contributed by atoms with Crippen LogP contribution >= 0.6 is 22.6 Å². The van der Waals surface area contributed by atoms with Crippen molar-refractivity contribution in [2.24, 2.45) is 5.73 Å². The predicted octanol–water partition coefficient (Wildman–Crippen LogP) is 2.75. The quantitative estimate of drug-likeness (QED) is 0.833. The molecule has 0 unspecified atom stereocenters. The Hall–Kier alpha value is -0.620. The molecule has 0 aromatic heterocycles. The number of halogens is 1. The van der Waals surface area contributed by atoms with Gasteiger partial charge in [-0.3, -0.25) is 4.79 Å². The van der Waals surface area contributed by atoms with Crippen molar-refractivity contribution in [3.63, 3.8) is 0 Å². The molecule has 0 aliphatic heterocycles. The summed E-state index contributed by atoms with van der Waals surface area (Å²) in [7, 11) is 0. The smallest absolute Gasteiger partial charge is 0.244 e. The highest BCUT2D eigenvalue weighted by molar-refractivity contribution is 14.1. The van der Waals surface area contributed by atoms with Crippen LogP contribution in [0.15, 0.2) is 24.3 Å². The minimum Gasteiger partial charge on any atom is -0.324 e. The van der Waals surface area contributed by atoms with Crippen LogP contribution in [0.2, 0.25) is 0 Å². The number of hydrogen-bond acceptors (Lipinski definition) is 2. The zero-order valence-electron chi connectivity index (χ0n) is 9.59. The van der Waals surface area contributed by atoms with Crippen molar-refractivity contribution in [3.05, 3.63) is 27.8 Å². The van der Waals surface area contributed by atoms with E-state index in [9.17, 15) is 4.79 Å². The molecule has 0 fully saturated rings. The number of carbonyl (C=O) groups excluding carboxylic acids is 1. The van der Waals surface area contributed by atoms with Crippen molar-refractivity contribution >= 4 is 34.2 Å². The maximum absolute atomic E-state index is 12.0. The van der Waals surface area contributed by atoms with E-state index in [0.717, 1.165) is 9.26 Å². The SMILES string of the molecule is CCC(N)(CC)C(=O)Nc1ccccc1I. The molecule has 0 saturated carbocycles. The summed E-state index contributed by atoms with van der Waals surface area (Å²) in [5.74, 6) is -0.110. The maximum atomic E-state index is 12.0. The van der Waals surface area contributed by atoms with E-state index in [2.05, 4.69) is 27.9 Å². The lowest BCUT2D eigenvalue weighted by Gasteiger charge is -2.25. The molecule has 0 bridgehead atoms. The molecule has 1 rings (SSSR count). The van der Waals surface area contributed by atoms with Crippen molar-refractivity contribution < 1.29 is 4.79 Å². The molecule has 0 spiro atoms. The second-order valence-electron chi connectivity index (χ2n) is 3.80. The molecule has 1 amide bonds. The molecule has 3 N–H and O–H groups in total. The average Bonchev–Trinajstić information content (AvgIpc) is 2.31. The van der Waals surface area contributed by atoms with Gasteiger partial charge in [-0.2, -0.15) is 0 Å². The third kappa shape index (κ3) is 2.95. The van der Waals surface area contributed by atoms with Gasteiger partial charge in [-0.05, 0) is 47.6 Å². The summed E-state index contributed by atoms with van der Waals surface area (Å²) in [5.41, 5.74) is 6.08. The number of amides is 1. The molecule has 0 aliphatic carbocycles. The summed E-state index contributed by atoms with van der Waals surface area (Å²) in [6.45, 7) is 3.86. The zero-order chi connectivity index (χ0) is 12.2. The monoisotopic (exact) mass is 332 g/mol. The van der Waals surface area contributed by atoms with Crippen molar-refractivity contribution in [2.75, 3.05) is 5.32 Å². The van der Waals surface area contributed by atoms with E-state index in [1.54, 1.807) is 0 Å². The molecule has 0 aliphatic rings. The molecule has 4 heteroatoms. The second-order valence-corrected chi connectivity index (χ2v) is 4.96. The lowest BCUT2D eigenvalue weighted by Crippen LogP contribution is -2.50. The standard InChI is InChI=1S/C12H17IN2O/c1-3-12(14,4-2)11(16)15-10-8-6-5-7-9(10)13/h5-8H,3-4,14H2,1-2H3,(H,15,16). The number of carbonyl (C=O) groups is 1. The van der Waals surface area contributed by atoms with Gasteiger partial charge in [-0.25, -0.2) is 0 Å². The first kappa shape index (κ1) is 13.4. The van der Waals surface area contributed by atoms with Crippen molar-refractivity contribution in [2.45, 2.75) is 32.2 Å². The number of hydrogen-bond donors (Lipinski definition) is 2. The van der Waals surface area contributed by atoms with Gasteiger partial charge in [0.1, 0.15) is 0 Å². The van der Waals surface area contributed by atoms with Crippen LogP contribution in [0.4, 0.5) is 5.69 Å². The van der Waals surface area contributed by atoms with E-state index in [1.165, 1.54) is 0 Å². The number of rotatable bonds is 4. The number of benzene rings is 1. The number of para-hydroxylation sites is 1. The first-order valence-electron chi connectivity index (χ1n) is 5.38. The third-order valence-corrected chi connectivity index (χ3v) is 3.78. The summed E-state index contributed by atoms with van der Waals surface area (Å²) in [6, 6.07) is 7.66. The van der Waals surface area contributed by atoms with Crippen LogP contribution in [0.1, 0.15) is 26.7 Å². The summed E-state index contributed by atoms with van der Waals surface area (Å²) < 4.78 is 1.02. The van der Waals surface area contributed by atoms with Gasteiger partial charge in [-0.1, -0.05) is 26.0 Å². The van der Waals surface area contributed by atoms with Gasteiger partial charge in [0.2, 0.25) is 5.91 Å². The number of nitrogens with two attached hydrogens (primary N) is 1. The Morgan fingerprint density at radius 2 is 1.94 bits per heavy atom. The maximum Gasteiger partial charge on any atom is 0.244 e. The normalized spacial score (nSPS) is 11.2. The van der Waals surface area contributed by atoms with Gasteiger partial charge >= 0.3 is 0 Å². The highest BCUT2D eigenvalue weighted by Crippen LogP contribution is 2.20. The van der Waals surface area contributed by atoms with Crippen LogP contribution in [-0.2, 0) is 4.79 Å². The minimum absolute atomic E-state index is 0.110. The first-order valence-corrected chi connectivity index (χ1v) is 6.46. The summed E-state index contributed by atoms with van der Waals surface area (Å²) in [4.78, 5) is 12.0. The minimum atomic E-state index is -0.765. The van der Waals surface area contributed by atoms with Crippen LogP contribution in [-0.4, -0.2) is 11.4 Å². The Bertz CT molecular complexity index is 375. The van der Waals surface area contributed by atoms with Crippen LogP contribution in [0.25, 0.3) is 0 Å². The van der Waals surface area contributed by atoms with Crippen LogP contribution in [0.5, 0.6) is 0 Å². The topological polar surface area (TPSA) is 55.1 Å². The highest BCUT2D eigenvalue weighted by Gasteiger charge is 2.30. The van der Waals surface area contributed by atoms with Gasteiger partial charge in [0.15, 0.2) is 0 Å². The summed E-state index contributed by atoms with van der Waals surface area (Å²) in [5, 5.41) is 2.88. The second kappa shape index (κ2) is 5.63. The Balaban J connectivity index is 2.83. The van der Waals surface area contributed by atoms with E-state index in [1.807, 2.05) is 38.1 Å². The van der Waals surface area contributed by atoms with Gasteiger partial charge in [0, 0.05) is 3.57 Å². The fourth-order valence-electron chi connectivity index (χ4n) is 1.38. The molecule has 16 heavy (non-hydrogen) atoms. The van der Waals surface area contributed by atoms with Crippen molar-refractivity contribution in [1.82, 2.24) is 0 Å². The van der Waals surface area contributed by atoms with Crippen LogP contribution in [0, 0.1) is 3.57 Å². The molecule has 1 aromatic carbocycles. The molecular formula is C12H17IN2O. The van der Waals surface area contributed by atoms with E-state index < -0.39 is 5.54 Å². The largest absolute Gasteiger partial charge is 0.324 e. The van der Waals surface area contributed by atoms with Gasteiger partial charge in [0.05, 0.1) is 11.2 Å². The molecule has 88 valence electrons. The predicted molar refractivity (Wildman–Crippen MR) is 75.3 cm³/mol. The number of nitrogens with one attached hydrogen (secondary N) is 1. The molecule has 3 nitrogen and oxygen atoms in total. The zero-order valence-corrected chi connectivity index (χ0v) is 11.7. The van der Waals surface area contributed by atoms with Crippen LogP contribution in [0.3, 0.4) is 0 Å². The lowest BCUT2D eigenvalue weighted by molar-refractivity contribution is -0.121. The Labute approximate surface area is 110 Å². The van der Waals surface area contributed by atoms with E-state index >= 15 is 0 Å². The summed E-state index contributed by atoms with van der Waals surface area (Å²) in [6.07, 6.45) is 1.28. The molecule has 0 radical (unpaired) electrons. The highest BCUT2D eigenvalue weighted by atomic mass is 127.